The highest BCUT2D eigenvalue weighted by molar-refractivity contribution is 5.30. The third kappa shape index (κ3) is 1.42. The Labute approximate surface area is 71.1 Å². The standard InChI is InChI=1S/C8H13FN2O/c1-6-7(4-5-9)8(12-3)11(2)10-6/h4-5H2,1-3H3. The molecule has 0 fully saturated rings. The molecule has 0 aliphatic rings. The summed E-state index contributed by atoms with van der Waals surface area (Å²) in [7, 11) is 3.35. The van der Waals surface area contributed by atoms with E-state index in [0.29, 0.717) is 12.3 Å². The first-order valence-electron chi connectivity index (χ1n) is 3.83. The van der Waals surface area contributed by atoms with Crippen molar-refractivity contribution in [3.63, 3.8) is 0 Å². The molecule has 1 rings (SSSR count). The maximum Gasteiger partial charge on any atom is 0.214 e. The van der Waals surface area contributed by atoms with Crippen LogP contribution in [-0.4, -0.2) is 23.6 Å². The van der Waals surface area contributed by atoms with Crippen molar-refractivity contribution in [2.45, 2.75) is 13.3 Å². The van der Waals surface area contributed by atoms with Gasteiger partial charge in [-0.05, 0) is 6.92 Å². The number of alkyl halides is 1. The molecule has 0 bridgehead atoms. The monoisotopic (exact) mass is 172 g/mol. The molecule has 0 atom stereocenters. The Morgan fingerprint density at radius 1 is 1.58 bits per heavy atom. The molecule has 0 saturated carbocycles. The minimum atomic E-state index is -0.372. The van der Waals surface area contributed by atoms with Crippen LogP contribution in [0.3, 0.4) is 0 Å². The van der Waals surface area contributed by atoms with E-state index in [4.69, 9.17) is 4.74 Å². The summed E-state index contributed by atoms with van der Waals surface area (Å²) >= 11 is 0. The first-order chi connectivity index (χ1) is 5.70. The lowest BCUT2D eigenvalue weighted by atomic mass is 10.2. The van der Waals surface area contributed by atoms with Crippen molar-refractivity contribution in [2.75, 3.05) is 13.8 Å². The predicted molar refractivity (Wildman–Crippen MR) is 44.2 cm³/mol. The van der Waals surface area contributed by atoms with Crippen molar-refractivity contribution >= 4 is 0 Å². The summed E-state index contributed by atoms with van der Waals surface area (Å²) in [6, 6.07) is 0. The third-order valence-electron chi connectivity index (χ3n) is 1.83. The number of hydrogen-bond acceptors (Lipinski definition) is 2. The summed E-state index contributed by atoms with van der Waals surface area (Å²) in [6.45, 7) is 1.48. The van der Waals surface area contributed by atoms with Crippen molar-refractivity contribution in [1.29, 1.82) is 0 Å². The summed E-state index contributed by atoms with van der Waals surface area (Å²) in [6.07, 6.45) is 0.378. The van der Waals surface area contributed by atoms with Gasteiger partial charge in [0.25, 0.3) is 0 Å². The van der Waals surface area contributed by atoms with E-state index in [1.165, 1.54) is 0 Å². The Balaban J connectivity index is 3.04. The first-order valence-corrected chi connectivity index (χ1v) is 3.83. The van der Waals surface area contributed by atoms with Gasteiger partial charge in [0.2, 0.25) is 5.88 Å². The van der Waals surface area contributed by atoms with E-state index >= 15 is 0 Å². The lowest BCUT2D eigenvalue weighted by molar-refractivity contribution is 0.366. The zero-order chi connectivity index (χ0) is 9.14. The van der Waals surface area contributed by atoms with Crippen LogP contribution in [0.15, 0.2) is 0 Å². The van der Waals surface area contributed by atoms with Crippen molar-refractivity contribution in [3.05, 3.63) is 11.3 Å². The summed E-state index contributed by atoms with van der Waals surface area (Å²) in [5, 5.41) is 4.13. The molecule has 0 saturated heterocycles. The largest absolute Gasteiger partial charge is 0.481 e. The molecule has 1 heterocycles. The molecule has 0 radical (unpaired) electrons. The lowest BCUT2D eigenvalue weighted by Gasteiger charge is -2.01. The number of nitrogens with zero attached hydrogens (tertiary/aromatic N) is 2. The minimum absolute atomic E-state index is 0.372. The molecular weight excluding hydrogens is 159 g/mol. The molecule has 0 aromatic carbocycles. The molecule has 0 aliphatic heterocycles. The van der Waals surface area contributed by atoms with E-state index in [9.17, 15) is 4.39 Å². The van der Waals surface area contributed by atoms with Gasteiger partial charge in [-0.25, -0.2) is 4.68 Å². The first kappa shape index (κ1) is 9.03. The van der Waals surface area contributed by atoms with Gasteiger partial charge in [-0.15, -0.1) is 0 Å². The zero-order valence-electron chi connectivity index (χ0n) is 7.59. The van der Waals surface area contributed by atoms with Crippen LogP contribution >= 0.6 is 0 Å². The van der Waals surface area contributed by atoms with Crippen LogP contribution in [0.25, 0.3) is 0 Å². The fourth-order valence-electron chi connectivity index (χ4n) is 1.32. The average Bonchev–Trinajstić information content (AvgIpc) is 2.28. The second kappa shape index (κ2) is 3.56. The summed E-state index contributed by atoms with van der Waals surface area (Å²) in [5.74, 6) is 0.658. The van der Waals surface area contributed by atoms with E-state index in [-0.39, 0.29) is 6.67 Å². The predicted octanol–water partition coefficient (Wildman–Crippen LogP) is 1.25. The summed E-state index contributed by atoms with van der Waals surface area (Å²) < 4.78 is 18.8. The van der Waals surface area contributed by atoms with Crippen LogP contribution in [0, 0.1) is 6.92 Å². The van der Waals surface area contributed by atoms with E-state index < -0.39 is 0 Å². The zero-order valence-corrected chi connectivity index (χ0v) is 7.59. The molecule has 0 spiro atoms. The van der Waals surface area contributed by atoms with Crippen molar-refractivity contribution in [2.24, 2.45) is 7.05 Å². The van der Waals surface area contributed by atoms with E-state index in [1.54, 1.807) is 18.8 Å². The number of methoxy groups -OCH3 is 1. The van der Waals surface area contributed by atoms with E-state index in [0.717, 1.165) is 11.3 Å². The molecule has 12 heavy (non-hydrogen) atoms. The molecule has 0 unspecified atom stereocenters. The normalized spacial score (nSPS) is 10.3. The van der Waals surface area contributed by atoms with Gasteiger partial charge in [-0.1, -0.05) is 0 Å². The van der Waals surface area contributed by atoms with Gasteiger partial charge in [-0.2, -0.15) is 5.10 Å². The molecule has 1 aromatic heterocycles. The minimum Gasteiger partial charge on any atom is -0.481 e. The molecule has 68 valence electrons. The molecule has 0 N–H and O–H groups in total. The summed E-state index contributed by atoms with van der Waals surface area (Å²) in [4.78, 5) is 0. The van der Waals surface area contributed by atoms with Crippen LogP contribution in [0.5, 0.6) is 5.88 Å². The fraction of sp³-hybridized carbons (Fsp3) is 0.625. The Hall–Kier alpha value is -1.06. The van der Waals surface area contributed by atoms with E-state index in [1.807, 2.05) is 6.92 Å². The molecular formula is C8H13FN2O. The fourth-order valence-corrected chi connectivity index (χ4v) is 1.32. The lowest BCUT2D eigenvalue weighted by Crippen LogP contribution is -1.97. The quantitative estimate of drug-likeness (QED) is 0.686. The Kier molecular flexibility index (Phi) is 2.68. The van der Waals surface area contributed by atoms with Crippen molar-refractivity contribution in [1.82, 2.24) is 9.78 Å². The maximum absolute atomic E-state index is 12.1. The highest BCUT2D eigenvalue weighted by Crippen LogP contribution is 2.21. The highest BCUT2D eigenvalue weighted by atomic mass is 19.1. The molecule has 0 amide bonds. The number of aryl methyl sites for hydroxylation is 2. The van der Waals surface area contributed by atoms with E-state index in [2.05, 4.69) is 5.10 Å². The van der Waals surface area contributed by atoms with Gasteiger partial charge in [0.05, 0.1) is 19.5 Å². The number of halogens is 1. The number of rotatable bonds is 3. The second-order valence-electron chi connectivity index (χ2n) is 2.64. The highest BCUT2D eigenvalue weighted by Gasteiger charge is 2.12. The number of hydrogen-bond donors (Lipinski definition) is 0. The van der Waals surface area contributed by atoms with Crippen molar-refractivity contribution in [3.8, 4) is 5.88 Å². The van der Waals surface area contributed by atoms with Gasteiger partial charge in [0.1, 0.15) is 0 Å². The van der Waals surface area contributed by atoms with Gasteiger partial charge in [0, 0.05) is 19.0 Å². The SMILES string of the molecule is COc1c(CCF)c(C)nn1C. The van der Waals surface area contributed by atoms with Crippen LogP contribution in [0.4, 0.5) is 4.39 Å². The number of aromatic nitrogens is 2. The molecule has 1 aromatic rings. The van der Waals surface area contributed by atoms with Crippen LogP contribution < -0.4 is 4.74 Å². The smallest absolute Gasteiger partial charge is 0.214 e. The third-order valence-corrected chi connectivity index (χ3v) is 1.83. The van der Waals surface area contributed by atoms with Crippen LogP contribution in [0.2, 0.25) is 0 Å². The molecule has 3 nitrogen and oxygen atoms in total. The van der Waals surface area contributed by atoms with Crippen LogP contribution in [-0.2, 0) is 13.5 Å². The van der Waals surface area contributed by atoms with Gasteiger partial charge in [-0.3, -0.25) is 4.39 Å². The van der Waals surface area contributed by atoms with Gasteiger partial charge in [0.15, 0.2) is 0 Å². The Morgan fingerprint density at radius 2 is 2.25 bits per heavy atom. The topological polar surface area (TPSA) is 27.1 Å². The van der Waals surface area contributed by atoms with Crippen molar-refractivity contribution < 1.29 is 9.13 Å². The van der Waals surface area contributed by atoms with Crippen LogP contribution in [0.1, 0.15) is 11.3 Å². The van der Waals surface area contributed by atoms with Gasteiger partial charge >= 0.3 is 0 Å². The number of ether oxygens (including phenoxy) is 1. The maximum atomic E-state index is 12.1. The Morgan fingerprint density at radius 3 is 2.75 bits per heavy atom. The van der Waals surface area contributed by atoms with Gasteiger partial charge < -0.3 is 4.74 Å². The molecule has 0 aliphatic carbocycles. The molecule has 4 heteroatoms. The second-order valence-corrected chi connectivity index (χ2v) is 2.64. The summed E-state index contributed by atoms with van der Waals surface area (Å²) in [5.41, 5.74) is 1.70. The average molecular weight is 172 g/mol. The Bertz CT molecular complexity index is 270.